The molecule has 0 spiro atoms. The average molecular weight is 346 g/mol. The molecule has 0 N–H and O–H groups in total. The van der Waals surface area contributed by atoms with Gasteiger partial charge in [-0.2, -0.15) is 0 Å². The van der Waals surface area contributed by atoms with Crippen LogP contribution >= 0.6 is 0 Å². The minimum Gasteiger partial charge on any atom is -0.493 e. The Balaban J connectivity index is 1.94. The van der Waals surface area contributed by atoms with Crippen molar-refractivity contribution in [1.29, 1.82) is 0 Å². The number of carbonyl (C=O) groups is 1. The van der Waals surface area contributed by atoms with E-state index in [4.69, 9.17) is 9.47 Å². The van der Waals surface area contributed by atoms with Gasteiger partial charge in [0.25, 0.3) is 0 Å². The van der Waals surface area contributed by atoms with Crippen molar-refractivity contribution in [2.45, 2.75) is 26.7 Å². The molecule has 25 heavy (non-hydrogen) atoms. The summed E-state index contributed by atoms with van der Waals surface area (Å²) < 4.78 is 11.1. The number of methoxy groups -OCH3 is 1. The predicted octanol–water partition coefficient (Wildman–Crippen LogP) is 3.05. The first-order valence-corrected chi connectivity index (χ1v) is 9.18. The highest BCUT2D eigenvalue weighted by Gasteiger charge is 2.18. The van der Waals surface area contributed by atoms with E-state index in [1.807, 2.05) is 29.2 Å². The molecule has 2 rings (SSSR count). The maximum atomic E-state index is 12.3. The molecule has 0 unspecified atom stereocenters. The van der Waals surface area contributed by atoms with Crippen LogP contribution in [-0.4, -0.2) is 62.1 Å². The Kier molecular flexibility index (Phi) is 7.79. The molecule has 1 amide bonds. The lowest BCUT2D eigenvalue weighted by Gasteiger charge is -2.33. The topological polar surface area (TPSA) is 42.0 Å². The highest BCUT2D eigenvalue weighted by molar-refractivity contribution is 5.92. The Hall–Kier alpha value is -2.01. The summed E-state index contributed by atoms with van der Waals surface area (Å²) in [5.41, 5.74) is 0.931. The summed E-state index contributed by atoms with van der Waals surface area (Å²) in [6.45, 7) is 9.51. The van der Waals surface area contributed by atoms with Crippen LogP contribution in [-0.2, 0) is 4.79 Å². The van der Waals surface area contributed by atoms with Crippen LogP contribution in [0.4, 0.5) is 0 Å². The van der Waals surface area contributed by atoms with Crippen molar-refractivity contribution in [3.05, 3.63) is 29.8 Å². The fourth-order valence-corrected chi connectivity index (χ4v) is 2.79. The van der Waals surface area contributed by atoms with E-state index in [0.717, 1.165) is 56.9 Å². The summed E-state index contributed by atoms with van der Waals surface area (Å²) in [7, 11) is 1.63. The van der Waals surface area contributed by atoms with Crippen LogP contribution in [0.5, 0.6) is 11.5 Å². The first kappa shape index (κ1) is 19.3. The van der Waals surface area contributed by atoms with Crippen molar-refractivity contribution in [1.82, 2.24) is 9.80 Å². The van der Waals surface area contributed by atoms with Gasteiger partial charge in [-0.15, -0.1) is 0 Å². The van der Waals surface area contributed by atoms with Crippen molar-refractivity contribution in [3.8, 4) is 11.5 Å². The Morgan fingerprint density at radius 2 is 1.92 bits per heavy atom. The van der Waals surface area contributed by atoms with E-state index in [1.165, 1.54) is 0 Å². The predicted molar refractivity (Wildman–Crippen MR) is 101 cm³/mol. The minimum atomic E-state index is 0.0676. The average Bonchev–Trinajstić information content (AvgIpc) is 2.67. The monoisotopic (exact) mass is 346 g/mol. The third kappa shape index (κ3) is 5.78. The molecule has 0 bridgehead atoms. The number of hydrogen-bond acceptors (Lipinski definition) is 4. The molecule has 0 aliphatic carbocycles. The number of rotatable bonds is 8. The van der Waals surface area contributed by atoms with Crippen LogP contribution < -0.4 is 9.47 Å². The van der Waals surface area contributed by atoms with E-state index in [1.54, 1.807) is 13.2 Å². The third-order valence-corrected chi connectivity index (χ3v) is 4.49. The number of amides is 1. The van der Waals surface area contributed by atoms with Gasteiger partial charge in [0.05, 0.1) is 13.7 Å². The number of carbonyl (C=O) groups excluding carboxylic acids is 1. The van der Waals surface area contributed by atoms with Crippen molar-refractivity contribution < 1.29 is 14.3 Å². The number of piperazine rings is 1. The van der Waals surface area contributed by atoms with Crippen molar-refractivity contribution in [2.24, 2.45) is 0 Å². The van der Waals surface area contributed by atoms with Crippen LogP contribution in [0.15, 0.2) is 24.3 Å². The van der Waals surface area contributed by atoms with E-state index in [9.17, 15) is 4.79 Å². The standard InChI is InChI=1S/C20H30N2O3/c1-4-6-15-25-18-9-7-17(16-19(18)24-3)8-10-20(23)22-13-11-21(5-2)12-14-22/h7-10,16H,4-6,11-15H2,1-3H3/b10-8+. The van der Waals surface area contributed by atoms with E-state index in [2.05, 4.69) is 18.7 Å². The number of likely N-dealkylation sites (N-methyl/N-ethyl adjacent to an activating group) is 1. The summed E-state index contributed by atoms with van der Waals surface area (Å²) in [6, 6.07) is 5.75. The molecule has 1 aromatic carbocycles. The fraction of sp³-hybridized carbons (Fsp3) is 0.550. The summed E-state index contributed by atoms with van der Waals surface area (Å²) >= 11 is 0. The lowest BCUT2D eigenvalue weighted by atomic mass is 10.2. The van der Waals surface area contributed by atoms with Crippen LogP contribution in [0.3, 0.4) is 0 Å². The molecule has 0 atom stereocenters. The van der Waals surface area contributed by atoms with Gasteiger partial charge in [0.15, 0.2) is 11.5 Å². The first-order chi connectivity index (χ1) is 12.2. The Morgan fingerprint density at radius 3 is 2.56 bits per heavy atom. The van der Waals surface area contributed by atoms with E-state index >= 15 is 0 Å². The molecule has 1 aliphatic heterocycles. The van der Waals surface area contributed by atoms with Crippen LogP contribution in [0.1, 0.15) is 32.3 Å². The molecule has 5 nitrogen and oxygen atoms in total. The van der Waals surface area contributed by atoms with Gasteiger partial charge in [0, 0.05) is 32.3 Å². The second-order valence-corrected chi connectivity index (χ2v) is 6.21. The van der Waals surface area contributed by atoms with Gasteiger partial charge in [0.1, 0.15) is 0 Å². The summed E-state index contributed by atoms with van der Waals surface area (Å²) in [5.74, 6) is 1.51. The van der Waals surface area contributed by atoms with E-state index in [0.29, 0.717) is 12.4 Å². The van der Waals surface area contributed by atoms with Crippen molar-refractivity contribution in [2.75, 3.05) is 46.4 Å². The number of nitrogens with zero attached hydrogens (tertiary/aromatic N) is 2. The molecule has 1 aliphatic rings. The quantitative estimate of drug-likeness (QED) is 0.536. The molecule has 5 heteroatoms. The third-order valence-electron chi connectivity index (χ3n) is 4.49. The maximum Gasteiger partial charge on any atom is 0.246 e. The van der Waals surface area contributed by atoms with Gasteiger partial charge in [0.2, 0.25) is 5.91 Å². The van der Waals surface area contributed by atoms with Gasteiger partial charge in [-0.05, 0) is 36.7 Å². The second-order valence-electron chi connectivity index (χ2n) is 6.21. The lowest BCUT2D eigenvalue weighted by Crippen LogP contribution is -2.48. The molecule has 1 fully saturated rings. The number of benzene rings is 1. The second kappa shape index (κ2) is 10.1. The fourth-order valence-electron chi connectivity index (χ4n) is 2.79. The molecule has 0 radical (unpaired) electrons. The summed E-state index contributed by atoms with van der Waals surface area (Å²) in [4.78, 5) is 16.6. The zero-order valence-corrected chi connectivity index (χ0v) is 15.7. The van der Waals surface area contributed by atoms with Gasteiger partial charge < -0.3 is 19.3 Å². The zero-order chi connectivity index (χ0) is 18.1. The van der Waals surface area contributed by atoms with Crippen LogP contribution in [0.2, 0.25) is 0 Å². The molecule has 0 saturated carbocycles. The Morgan fingerprint density at radius 1 is 1.16 bits per heavy atom. The highest BCUT2D eigenvalue weighted by atomic mass is 16.5. The molecule has 1 aromatic rings. The molecule has 0 aromatic heterocycles. The molecule has 1 heterocycles. The van der Waals surface area contributed by atoms with E-state index in [-0.39, 0.29) is 5.91 Å². The van der Waals surface area contributed by atoms with Crippen LogP contribution in [0, 0.1) is 0 Å². The Labute approximate surface area is 151 Å². The zero-order valence-electron chi connectivity index (χ0n) is 15.7. The van der Waals surface area contributed by atoms with Gasteiger partial charge in [-0.3, -0.25) is 4.79 Å². The first-order valence-electron chi connectivity index (χ1n) is 9.18. The lowest BCUT2D eigenvalue weighted by molar-refractivity contribution is -0.127. The normalized spacial score (nSPS) is 15.6. The number of unbranched alkanes of at least 4 members (excludes halogenated alkanes) is 1. The molecule has 1 saturated heterocycles. The van der Waals surface area contributed by atoms with Gasteiger partial charge in [-0.25, -0.2) is 0 Å². The molecule has 138 valence electrons. The van der Waals surface area contributed by atoms with Gasteiger partial charge in [-0.1, -0.05) is 26.3 Å². The van der Waals surface area contributed by atoms with Crippen LogP contribution in [0.25, 0.3) is 6.08 Å². The molecular formula is C20H30N2O3. The number of ether oxygens (including phenoxy) is 2. The minimum absolute atomic E-state index is 0.0676. The largest absolute Gasteiger partial charge is 0.493 e. The summed E-state index contributed by atoms with van der Waals surface area (Å²) in [5, 5.41) is 0. The summed E-state index contributed by atoms with van der Waals surface area (Å²) in [6.07, 6.45) is 5.60. The smallest absolute Gasteiger partial charge is 0.246 e. The van der Waals surface area contributed by atoms with E-state index < -0.39 is 0 Å². The van der Waals surface area contributed by atoms with Crippen molar-refractivity contribution in [3.63, 3.8) is 0 Å². The van der Waals surface area contributed by atoms with Gasteiger partial charge >= 0.3 is 0 Å². The SMILES string of the molecule is CCCCOc1ccc(/C=C/C(=O)N2CCN(CC)CC2)cc1OC. The Bertz CT molecular complexity index is 578. The number of hydrogen-bond donors (Lipinski definition) is 0. The highest BCUT2D eigenvalue weighted by Crippen LogP contribution is 2.28. The van der Waals surface area contributed by atoms with Crippen molar-refractivity contribution >= 4 is 12.0 Å². The molecular weight excluding hydrogens is 316 g/mol. The maximum absolute atomic E-state index is 12.3.